The molecule has 0 heterocycles. The smallest absolute Gasteiger partial charge is 0.0205 e. The molecule has 0 fully saturated rings. The van der Waals surface area contributed by atoms with Crippen molar-refractivity contribution in [2.45, 2.75) is 40.7 Å². The summed E-state index contributed by atoms with van der Waals surface area (Å²) in [6.45, 7) is 11.9. The van der Waals surface area contributed by atoms with Crippen molar-refractivity contribution in [1.29, 1.82) is 0 Å². The van der Waals surface area contributed by atoms with Crippen molar-refractivity contribution in [1.82, 2.24) is 5.32 Å². The van der Waals surface area contributed by atoms with Crippen molar-refractivity contribution in [2.75, 3.05) is 13.1 Å². The fourth-order valence-corrected chi connectivity index (χ4v) is 1.72. The van der Waals surface area contributed by atoms with Gasteiger partial charge in [0.25, 0.3) is 0 Å². The third-order valence-electron chi connectivity index (χ3n) is 3.93. The van der Waals surface area contributed by atoms with E-state index in [-0.39, 0.29) is 0 Å². The fourth-order valence-electron chi connectivity index (χ4n) is 1.72. The Bertz CT molecular complexity index is 339. The largest absolute Gasteiger partial charge is 0.330 e. The van der Waals surface area contributed by atoms with Gasteiger partial charge >= 0.3 is 0 Å². The molecule has 0 bridgehead atoms. The van der Waals surface area contributed by atoms with Crippen molar-refractivity contribution in [3.63, 3.8) is 0 Å². The van der Waals surface area contributed by atoms with Gasteiger partial charge in [-0.25, -0.2) is 0 Å². The van der Waals surface area contributed by atoms with Crippen LogP contribution in [-0.4, -0.2) is 13.1 Å². The predicted molar refractivity (Wildman–Crippen MR) is 79.5 cm³/mol. The molecule has 0 saturated carbocycles. The van der Waals surface area contributed by atoms with Crippen LogP contribution in [0.4, 0.5) is 0 Å². The Balaban J connectivity index is 2.40. The average molecular weight is 248 g/mol. The minimum atomic E-state index is 0.347. The zero-order chi connectivity index (χ0) is 13.6. The van der Waals surface area contributed by atoms with E-state index in [2.05, 4.69) is 57.3 Å². The maximum absolute atomic E-state index is 5.54. The van der Waals surface area contributed by atoms with Gasteiger partial charge in [-0.05, 0) is 35.4 Å². The molecule has 18 heavy (non-hydrogen) atoms. The van der Waals surface area contributed by atoms with Crippen LogP contribution in [0.3, 0.4) is 0 Å². The van der Waals surface area contributed by atoms with Crippen molar-refractivity contribution in [3.8, 4) is 0 Å². The van der Waals surface area contributed by atoms with Crippen LogP contribution in [0.5, 0.6) is 0 Å². The third kappa shape index (κ3) is 4.79. The first kappa shape index (κ1) is 15.2. The van der Waals surface area contributed by atoms with E-state index in [1.54, 1.807) is 0 Å². The van der Waals surface area contributed by atoms with Gasteiger partial charge in [0.05, 0.1) is 0 Å². The summed E-state index contributed by atoms with van der Waals surface area (Å²) in [4.78, 5) is 0. The van der Waals surface area contributed by atoms with Crippen molar-refractivity contribution in [3.05, 3.63) is 35.4 Å². The number of rotatable bonds is 7. The zero-order valence-corrected chi connectivity index (χ0v) is 12.3. The standard InChI is InChI=1S/C16H28N2/c1-13(2)16(3,4)12-18-11-15-7-5-14(6-8-15)9-10-17/h5-8,13,18H,9-12,17H2,1-4H3. The molecule has 0 atom stereocenters. The number of nitrogens with one attached hydrogen (secondary N) is 1. The topological polar surface area (TPSA) is 38.0 Å². The van der Waals surface area contributed by atoms with Gasteiger partial charge in [0.1, 0.15) is 0 Å². The molecule has 2 nitrogen and oxygen atoms in total. The molecule has 0 aliphatic carbocycles. The summed E-state index contributed by atoms with van der Waals surface area (Å²) in [5.41, 5.74) is 8.56. The highest BCUT2D eigenvalue weighted by Crippen LogP contribution is 2.24. The van der Waals surface area contributed by atoms with Gasteiger partial charge in [0.2, 0.25) is 0 Å². The number of hydrogen-bond acceptors (Lipinski definition) is 2. The minimum Gasteiger partial charge on any atom is -0.330 e. The van der Waals surface area contributed by atoms with Crippen molar-refractivity contribution >= 4 is 0 Å². The molecule has 0 spiro atoms. The average Bonchev–Trinajstić information content (AvgIpc) is 2.31. The number of hydrogen-bond donors (Lipinski definition) is 2. The van der Waals surface area contributed by atoms with Gasteiger partial charge in [-0.3, -0.25) is 0 Å². The summed E-state index contributed by atoms with van der Waals surface area (Å²) in [6, 6.07) is 8.75. The number of nitrogens with two attached hydrogens (primary N) is 1. The summed E-state index contributed by atoms with van der Waals surface area (Å²) in [6.07, 6.45) is 0.966. The predicted octanol–water partition coefficient (Wildman–Crippen LogP) is 2.96. The first-order valence-corrected chi connectivity index (χ1v) is 6.94. The summed E-state index contributed by atoms with van der Waals surface area (Å²) in [5, 5.41) is 3.55. The van der Waals surface area contributed by atoms with E-state index in [0.29, 0.717) is 11.3 Å². The quantitative estimate of drug-likeness (QED) is 0.778. The van der Waals surface area contributed by atoms with Crippen LogP contribution in [0.15, 0.2) is 24.3 Å². The van der Waals surface area contributed by atoms with Gasteiger partial charge in [-0.15, -0.1) is 0 Å². The normalized spacial score (nSPS) is 12.1. The van der Waals surface area contributed by atoms with E-state index in [9.17, 15) is 0 Å². The molecule has 0 saturated heterocycles. The molecule has 1 aromatic carbocycles. The highest BCUT2D eigenvalue weighted by molar-refractivity contribution is 5.22. The van der Waals surface area contributed by atoms with E-state index in [1.165, 1.54) is 11.1 Å². The second kappa shape index (κ2) is 6.91. The van der Waals surface area contributed by atoms with Crippen LogP contribution >= 0.6 is 0 Å². The summed E-state index contributed by atoms with van der Waals surface area (Å²) < 4.78 is 0. The molecule has 1 aromatic rings. The molecular weight excluding hydrogens is 220 g/mol. The van der Waals surface area contributed by atoms with Gasteiger partial charge in [-0.2, -0.15) is 0 Å². The lowest BCUT2D eigenvalue weighted by Crippen LogP contribution is -2.33. The summed E-state index contributed by atoms with van der Waals surface area (Å²) >= 11 is 0. The molecular formula is C16H28N2. The maximum Gasteiger partial charge on any atom is 0.0205 e. The lowest BCUT2D eigenvalue weighted by atomic mass is 9.81. The molecule has 0 radical (unpaired) electrons. The van der Waals surface area contributed by atoms with Gasteiger partial charge < -0.3 is 11.1 Å². The van der Waals surface area contributed by atoms with E-state index < -0.39 is 0 Å². The van der Waals surface area contributed by atoms with E-state index in [0.717, 1.165) is 26.1 Å². The van der Waals surface area contributed by atoms with Crippen LogP contribution in [-0.2, 0) is 13.0 Å². The summed E-state index contributed by atoms with van der Waals surface area (Å²) in [5.74, 6) is 0.692. The van der Waals surface area contributed by atoms with Gasteiger partial charge in [-0.1, -0.05) is 52.0 Å². The first-order valence-electron chi connectivity index (χ1n) is 6.94. The molecule has 0 amide bonds. The third-order valence-corrected chi connectivity index (χ3v) is 3.93. The minimum absolute atomic E-state index is 0.347. The van der Waals surface area contributed by atoms with E-state index >= 15 is 0 Å². The second-order valence-corrected chi connectivity index (χ2v) is 6.10. The summed E-state index contributed by atoms with van der Waals surface area (Å²) in [7, 11) is 0. The number of benzene rings is 1. The molecule has 0 unspecified atom stereocenters. The Morgan fingerprint density at radius 1 is 1.11 bits per heavy atom. The fraction of sp³-hybridized carbons (Fsp3) is 0.625. The zero-order valence-electron chi connectivity index (χ0n) is 12.3. The van der Waals surface area contributed by atoms with Crippen LogP contribution in [0.1, 0.15) is 38.8 Å². The Morgan fingerprint density at radius 2 is 1.67 bits per heavy atom. The Labute approximate surface area is 112 Å². The molecule has 1 rings (SSSR count). The van der Waals surface area contributed by atoms with Crippen molar-refractivity contribution < 1.29 is 0 Å². The van der Waals surface area contributed by atoms with Crippen LogP contribution in [0.2, 0.25) is 0 Å². The van der Waals surface area contributed by atoms with E-state index in [4.69, 9.17) is 5.73 Å². The molecule has 2 heteroatoms. The second-order valence-electron chi connectivity index (χ2n) is 6.10. The molecule has 3 N–H and O–H groups in total. The van der Waals surface area contributed by atoms with Crippen LogP contribution in [0.25, 0.3) is 0 Å². The first-order chi connectivity index (χ1) is 8.45. The maximum atomic E-state index is 5.54. The highest BCUT2D eigenvalue weighted by atomic mass is 14.9. The Morgan fingerprint density at radius 3 is 2.17 bits per heavy atom. The highest BCUT2D eigenvalue weighted by Gasteiger charge is 2.21. The van der Waals surface area contributed by atoms with E-state index in [1.807, 2.05) is 0 Å². The molecule has 0 aliphatic heterocycles. The molecule has 102 valence electrons. The van der Waals surface area contributed by atoms with Crippen LogP contribution in [0, 0.1) is 11.3 Å². The van der Waals surface area contributed by atoms with Gasteiger partial charge in [0.15, 0.2) is 0 Å². The molecule has 0 aliphatic rings. The van der Waals surface area contributed by atoms with Gasteiger partial charge in [0, 0.05) is 13.1 Å². The molecule has 0 aromatic heterocycles. The SMILES string of the molecule is CC(C)C(C)(C)CNCc1ccc(CCN)cc1. The Hall–Kier alpha value is -0.860. The Kier molecular flexibility index (Phi) is 5.83. The van der Waals surface area contributed by atoms with Crippen LogP contribution < -0.4 is 11.1 Å². The van der Waals surface area contributed by atoms with Crippen molar-refractivity contribution in [2.24, 2.45) is 17.1 Å². The lowest BCUT2D eigenvalue weighted by molar-refractivity contribution is 0.238. The monoisotopic (exact) mass is 248 g/mol. The lowest BCUT2D eigenvalue weighted by Gasteiger charge is -2.29.